The second kappa shape index (κ2) is 7.23. The molecule has 24 heavy (non-hydrogen) atoms. The number of hydrogen-bond donors (Lipinski definition) is 1. The molecule has 0 bridgehead atoms. The van der Waals surface area contributed by atoms with Crippen LogP contribution in [-0.2, 0) is 4.74 Å². The fourth-order valence-electron chi connectivity index (χ4n) is 1.97. The maximum absolute atomic E-state index is 12.2. The number of hydrogen-bond acceptors (Lipinski definition) is 6. The van der Waals surface area contributed by atoms with Crippen LogP contribution < -0.4 is 10.1 Å². The maximum Gasteiger partial charge on any atom is 0.337 e. The molecule has 0 saturated heterocycles. The third kappa shape index (κ3) is 3.67. The molecule has 0 aromatic heterocycles. The van der Waals surface area contributed by atoms with E-state index in [1.165, 1.54) is 56.7 Å². The van der Waals surface area contributed by atoms with Crippen molar-refractivity contribution in [3.8, 4) is 5.75 Å². The summed E-state index contributed by atoms with van der Waals surface area (Å²) in [6.07, 6.45) is 0. The molecule has 0 aliphatic heterocycles. The van der Waals surface area contributed by atoms with Gasteiger partial charge >= 0.3 is 5.97 Å². The average Bonchev–Trinajstić information content (AvgIpc) is 2.61. The van der Waals surface area contributed by atoms with E-state index in [-0.39, 0.29) is 16.9 Å². The number of esters is 1. The summed E-state index contributed by atoms with van der Waals surface area (Å²) in [4.78, 5) is 34.1. The van der Waals surface area contributed by atoms with Crippen molar-refractivity contribution in [2.75, 3.05) is 19.5 Å². The van der Waals surface area contributed by atoms with Crippen LogP contribution in [0.15, 0.2) is 42.5 Å². The van der Waals surface area contributed by atoms with E-state index in [0.717, 1.165) is 0 Å². The van der Waals surface area contributed by atoms with Crippen molar-refractivity contribution in [2.45, 2.75) is 0 Å². The third-order valence-corrected chi connectivity index (χ3v) is 3.22. The van der Waals surface area contributed by atoms with Gasteiger partial charge in [0.1, 0.15) is 11.4 Å². The molecular weight excluding hydrogens is 316 g/mol. The molecule has 8 nitrogen and oxygen atoms in total. The molecule has 0 aliphatic carbocycles. The number of nitrogens with one attached hydrogen (secondary N) is 1. The first kappa shape index (κ1) is 16.9. The number of nitro benzene ring substituents is 1. The highest BCUT2D eigenvalue weighted by molar-refractivity contribution is 6.06. The van der Waals surface area contributed by atoms with Gasteiger partial charge in [0.2, 0.25) is 0 Å². The van der Waals surface area contributed by atoms with Crippen molar-refractivity contribution >= 4 is 23.3 Å². The molecule has 2 aromatic carbocycles. The van der Waals surface area contributed by atoms with Crippen molar-refractivity contribution in [1.82, 2.24) is 0 Å². The van der Waals surface area contributed by atoms with E-state index in [1.54, 1.807) is 0 Å². The second-order valence-corrected chi connectivity index (χ2v) is 4.66. The first-order valence-electron chi connectivity index (χ1n) is 6.78. The van der Waals surface area contributed by atoms with Gasteiger partial charge in [-0.15, -0.1) is 0 Å². The summed E-state index contributed by atoms with van der Waals surface area (Å²) < 4.78 is 9.50. The zero-order valence-corrected chi connectivity index (χ0v) is 12.9. The predicted octanol–water partition coefficient (Wildman–Crippen LogP) is 2.64. The molecule has 2 rings (SSSR count). The molecule has 0 saturated carbocycles. The topological polar surface area (TPSA) is 108 Å². The number of nitro groups is 1. The monoisotopic (exact) mass is 330 g/mol. The lowest BCUT2D eigenvalue weighted by molar-refractivity contribution is -0.384. The van der Waals surface area contributed by atoms with Crippen LogP contribution in [0.4, 0.5) is 11.4 Å². The number of carbonyl (C=O) groups is 2. The fraction of sp³-hybridized carbons (Fsp3) is 0.125. The summed E-state index contributed by atoms with van der Waals surface area (Å²) in [5.41, 5.74) is 0.300. The van der Waals surface area contributed by atoms with Crippen LogP contribution in [0.2, 0.25) is 0 Å². The predicted molar refractivity (Wildman–Crippen MR) is 85.4 cm³/mol. The lowest BCUT2D eigenvalue weighted by Gasteiger charge is -2.08. The Balaban J connectivity index is 2.23. The Bertz CT molecular complexity index is 786. The lowest BCUT2D eigenvalue weighted by atomic mass is 10.1. The van der Waals surface area contributed by atoms with Crippen molar-refractivity contribution in [3.63, 3.8) is 0 Å². The average molecular weight is 330 g/mol. The highest BCUT2D eigenvalue weighted by Crippen LogP contribution is 2.29. The molecule has 0 spiro atoms. The standard InChI is InChI=1S/C16H14N2O6/c1-23-12-7-8-13(14(9-12)18(21)22)17-15(19)10-3-5-11(6-4-10)16(20)24-2/h3-9H,1-2H3,(H,17,19). The molecule has 0 atom stereocenters. The summed E-state index contributed by atoms with van der Waals surface area (Å²) in [5.74, 6) is -0.755. The van der Waals surface area contributed by atoms with Crippen LogP contribution in [0.3, 0.4) is 0 Å². The first-order chi connectivity index (χ1) is 11.5. The minimum Gasteiger partial charge on any atom is -0.496 e. The Morgan fingerprint density at radius 3 is 2.21 bits per heavy atom. The van der Waals surface area contributed by atoms with Crippen LogP contribution in [0.5, 0.6) is 5.75 Å². The molecule has 0 fully saturated rings. The summed E-state index contributed by atoms with van der Waals surface area (Å²) >= 11 is 0. The number of anilines is 1. The van der Waals surface area contributed by atoms with Crippen LogP contribution in [-0.4, -0.2) is 31.0 Å². The molecule has 0 unspecified atom stereocenters. The Kier molecular flexibility index (Phi) is 5.10. The van der Waals surface area contributed by atoms with Gasteiger partial charge in [0, 0.05) is 5.56 Å². The Labute approximate surface area is 137 Å². The summed E-state index contributed by atoms with van der Waals surface area (Å²) in [6, 6.07) is 9.83. The van der Waals surface area contributed by atoms with Gasteiger partial charge in [0.15, 0.2) is 0 Å². The number of rotatable bonds is 5. The zero-order chi connectivity index (χ0) is 17.7. The SMILES string of the molecule is COC(=O)c1ccc(C(=O)Nc2ccc(OC)cc2[N+](=O)[O-])cc1. The Morgan fingerprint density at radius 1 is 1.04 bits per heavy atom. The molecule has 124 valence electrons. The van der Waals surface area contributed by atoms with Crippen molar-refractivity contribution in [1.29, 1.82) is 0 Å². The number of methoxy groups -OCH3 is 2. The van der Waals surface area contributed by atoms with Crippen LogP contribution in [0, 0.1) is 10.1 Å². The number of amides is 1. The lowest BCUT2D eigenvalue weighted by Crippen LogP contribution is -2.13. The Hall–Kier alpha value is -3.42. The molecule has 0 aliphatic rings. The van der Waals surface area contributed by atoms with Crippen LogP contribution >= 0.6 is 0 Å². The quantitative estimate of drug-likeness (QED) is 0.513. The van der Waals surface area contributed by atoms with E-state index in [1.807, 2.05) is 0 Å². The zero-order valence-electron chi connectivity index (χ0n) is 12.9. The first-order valence-corrected chi connectivity index (χ1v) is 6.78. The minimum absolute atomic E-state index is 0.0443. The van der Waals surface area contributed by atoms with Crippen LogP contribution in [0.25, 0.3) is 0 Å². The summed E-state index contributed by atoms with van der Waals surface area (Å²) in [5, 5.41) is 13.6. The largest absolute Gasteiger partial charge is 0.496 e. The van der Waals surface area contributed by atoms with Crippen molar-refractivity contribution in [3.05, 3.63) is 63.7 Å². The van der Waals surface area contributed by atoms with E-state index in [4.69, 9.17) is 4.74 Å². The highest BCUT2D eigenvalue weighted by Gasteiger charge is 2.18. The van der Waals surface area contributed by atoms with Gasteiger partial charge < -0.3 is 14.8 Å². The van der Waals surface area contributed by atoms with Crippen molar-refractivity contribution in [2.24, 2.45) is 0 Å². The molecule has 1 amide bonds. The summed E-state index contributed by atoms with van der Waals surface area (Å²) in [6.45, 7) is 0. The molecule has 8 heteroatoms. The third-order valence-electron chi connectivity index (χ3n) is 3.22. The van der Waals surface area contributed by atoms with E-state index in [2.05, 4.69) is 10.1 Å². The molecule has 0 radical (unpaired) electrons. The Morgan fingerprint density at radius 2 is 1.67 bits per heavy atom. The number of benzene rings is 2. The van der Waals surface area contributed by atoms with Crippen LogP contribution in [0.1, 0.15) is 20.7 Å². The molecule has 2 aromatic rings. The minimum atomic E-state index is -0.613. The van der Waals surface area contributed by atoms with Gasteiger partial charge in [-0.25, -0.2) is 4.79 Å². The number of ether oxygens (including phenoxy) is 2. The number of nitrogens with zero attached hydrogens (tertiary/aromatic N) is 1. The van der Waals surface area contributed by atoms with E-state index in [0.29, 0.717) is 11.3 Å². The number of carbonyl (C=O) groups excluding carboxylic acids is 2. The van der Waals surface area contributed by atoms with E-state index < -0.39 is 16.8 Å². The van der Waals surface area contributed by atoms with Gasteiger partial charge in [-0.1, -0.05) is 0 Å². The normalized spacial score (nSPS) is 9.92. The van der Waals surface area contributed by atoms with E-state index in [9.17, 15) is 19.7 Å². The summed E-state index contributed by atoms with van der Waals surface area (Å²) in [7, 11) is 2.64. The van der Waals surface area contributed by atoms with Crippen molar-refractivity contribution < 1.29 is 24.0 Å². The fourth-order valence-corrected chi connectivity index (χ4v) is 1.97. The smallest absolute Gasteiger partial charge is 0.337 e. The maximum atomic E-state index is 12.2. The molecule has 0 heterocycles. The van der Waals surface area contributed by atoms with Gasteiger partial charge in [-0.05, 0) is 36.4 Å². The molecular formula is C16H14N2O6. The van der Waals surface area contributed by atoms with Gasteiger partial charge in [-0.2, -0.15) is 0 Å². The van der Waals surface area contributed by atoms with Gasteiger partial charge in [0.25, 0.3) is 11.6 Å². The van der Waals surface area contributed by atoms with Gasteiger partial charge in [0.05, 0.1) is 30.8 Å². The second-order valence-electron chi connectivity index (χ2n) is 4.66. The van der Waals surface area contributed by atoms with Gasteiger partial charge in [-0.3, -0.25) is 14.9 Å². The van der Waals surface area contributed by atoms with E-state index >= 15 is 0 Å². The highest BCUT2D eigenvalue weighted by atomic mass is 16.6. The molecule has 1 N–H and O–H groups in total.